The maximum Gasteiger partial charge on any atom is 0.162 e. The zero-order chi connectivity index (χ0) is 14.7. The standard InChI is InChI=1S/C16H14N2O2S/c17-10-11-2-3-12(8-14(11)18)21-13-4-5-15-16(9-13)20-7-1-6-19-15/h2-5,8-9H,1,6-7,18H2. The van der Waals surface area contributed by atoms with Gasteiger partial charge in [-0.25, -0.2) is 0 Å². The van der Waals surface area contributed by atoms with Crippen LogP contribution in [0.3, 0.4) is 0 Å². The lowest BCUT2D eigenvalue weighted by Gasteiger charge is -2.09. The van der Waals surface area contributed by atoms with Crippen molar-refractivity contribution in [2.75, 3.05) is 18.9 Å². The summed E-state index contributed by atoms with van der Waals surface area (Å²) in [5.74, 6) is 1.57. The number of ether oxygens (including phenoxy) is 2. The van der Waals surface area contributed by atoms with Crippen LogP contribution in [-0.2, 0) is 0 Å². The molecule has 1 heterocycles. The minimum atomic E-state index is 0.497. The molecule has 0 unspecified atom stereocenters. The summed E-state index contributed by atoms with van der Waals surface area (Å²) in [6.07, 6.45) is 0.892. The molecule has 0 saturated heterocycles. The summed E-state index contributed by atoms with van der Waals surface area (Å²) >= 11 is 1.58. The van der Waals surface area contributed by atoms with Gasteiger partial charge < -0.3 is 15.2 Å². The van der Waals surface area contributed by atoms with Crippen LogP contribution >= 0.6 is 11.8 Å². The van der Waals surface area contributed by atoms with Gasteiger partial charge in [-0.2, -0.15) is 5.26 Å². The molecule has 0 radical (unpaired) electrons. The monoisotopic (exact) mass is 298 g/mol. The Morgan fingerprint density at radius 1 is 1.00 bits per heavy atom. The number of anilines is 1. The molecule has 0 aromatic heterocycles. The van der Waals surface area contributed by atoms with Crippen molar-refractivity contribution in [2.45, 2.75) is 16.2 Å². The fraction of sp³-hybridized carbons (Fsp3) is 0.188. The Bertz CT molecular complexity index is 710. The Morgan fingerprint density at radius 2 is 1.71 bits per heavy atom. The molecule has 2 aromatic rings. The first-order chi connectivity index (χ1) is 10.3. The average molecular weight is 298 g/mol. The largest absolute Gasteiger partial charge is 0.490 e. The Morgan fingerprint density at radius 3 is 2.48 bits per heavy atom. The summed E-state index contributed by atoms with van der Waals surface area (Å²) in [6.45, 7) is 1.36. The second-order valence-corrected chi connectivity index (χ2v) is 5.77. The smallest absolute Gasteiger partial charge is 0.162 e. The molecule has 0 saturated carbocycles. The van der Waals surface area contributed by atoms with Crippen molar-refractivity contribution in [3.63, 3.8) is 0 Å². The zero-order valence-corrected chi connectivity index (χ0v) is 12.2. The summed E-state index contributed by atoms with van der Waals surface area (Å²) in [6, 6.07) is 13.4. The van der Waals surface area contributed by atoms with Gasteiger partial charge in [-0.3, -0.25) is 0 Å². The SMILES string of the molecule is N#Cc1ccc(Sc2ccc3c(c2)OCCCO3)cc1N. The van der Waals surface area contributed by atoms with E-state index in [9.17, 15) is 0 Å². The van der Waals surface area contributed by atoms with Gasteiger partial charge in [-0.15, -0.1) is 0 Å². The summed E-state index contributed by atoms with van der Waals surface area (Å²) in [4.78, 5) is 2.03. The fourth-order valence-electron chi connectivity index (χ4n) is 2.05. The van der Waals surface area contributed by atoms with E-state index in [4.69, 9.17) is 20.5 Å². The number of nitriles is 1. The van der Waals surface area contributed by atoms with Crippen molar-refractivity contribution in [3.05, 3.63) is 42.0 Å². The van der Waals surface area contributed by atoms with E-state index in [2.05, 4.69) is 6.07 Å². The maximum absolute atomic E-state index is 8.89. The molecule has 2 N–H and O–H groups in total. The van der Waals surface area contributed by atoms with Gasteiger partial charge in [0.15, 0.2) is 11.5 Å². The fourth-order valence-corrected chi connectivity index (χ4v) is 2.95. The number of fused-ring (bicyclic) bond motifs is 1. The van der Waals surface area contributed by atoms with E-state index in [1.54, 1.807) is 17.8 Å². The average Bonchev–Trinajstić information content (AvgIpc) is 2.72. The lowest BCUT2D eigenvalue weighted by atomic mass is 10.2. The van der Waals surface area contributed by atoms with Crippen LogP contribution < -0.4 is 15.2 Å². The third kappa shape index (κ3) is 3.06. The van der Waals surface area contributed by atoms with E-state index in [0.717, 1.165) is 27.7 Å². The van der Waals surface area contributed by atoms with Crippen molar-refractivity contribution >= 4 is 17.4 Å². The number of rotatable bonds is 2. The number of nitrogens with two attached hydrogens (primary N) is 1. The van der Waals surface area contributed by atoms with Gasteiger partial charge in [0.1, 0.15) is 6.07 Å². The molecule has 21 heavy (non-hydrogen) atoms. The van der Waals surface area contributed by atoms with E-state index >= 15 is 0 Å². The molecule has 0 spiro atoms. The van der Waals surface area contributed by atoms with Crippen LogP contribution in [0.5, 0.6) is 11.5 Å². The predicted molar refractivity (Wildman–Crippen MR) is 81.7 cm³/mol. The van der Waals surface area contributed by atoms with Crippen LogP contribution in [0.4, 0.5) is 5.69 Å². The topological polar surface area (TPSA) is 68.3 Å². The van der Waals surface area contributed by atoms with Crippen LogP contribution in [0, 0.1) is 11.3 Å². The Kier molecular flexibility index (Phi) is 3.89. The molecular weight excluding hydrogens is 284 g/mol. The van der Waals surface area contributed by atoms with Crippen molar-refractivity contribution in [1.82, 2.24) is 0 Å². The van der Waals surface area contributed by atoms with Gasteiger partial charge in [0.05, 0.1) is 24.5 Å². The Labute approximate surface area is 127 Å². The van der Waals surface area contributed by atoms with Gasteiger partial charge in [0, 0.05) is 16.2 Å². The van der Waals surface area contributed by atoms with Crippen molar-refractivity contribution in [2.24, 2.45) is 0 Å². The molecule has 0 fully saturated rings. The number of hydrogen-bond acceptors (Lipinski definition) is 5. The second kappa shape index (κ2) is 5.98. The van der Waals surface area contributed by atoms with Gasteiger partial charge in [-0.05, 0) is 36.4 Å². The van der Waals surface area contributed by atoms with E-state index in [-0.39, 0.29) is 0 Å². The molecular formula is C16H14N2O2S. The van der Waals surface area contributed by atoms with E-state index in [1.165, 1.54) is 0 Å². The van der Waals surface area contributed by atoms with Gasteiger partial charge in [-0.1, -0.05) is 11.8 Å². The number of benzene rings is 2. The van der Waals surface area contributed by atoms with Crippen LogP contribution in [-0.4, -0.2) is 13.2 Å². The number of nitrogen functional groups attached to an aromatic ring is 1. The molecule has 1 aliphatic rings. The summed E-state index contributed by atoms with van der Waals surface area (Å²) in [5.41, 5.74) is 6.83. The highest BCUT2D eigenvalue weighted by atomic mass is 32.2. The lowest BCUT2D eigenvalue weighted by Crippen LogP contribution is -1.97. The highest BCUT2D eigenvalue weighted by Crippen LogP contribution is 2.37. The van der Waals surface area contributed by atoms with Crippen molar-refractivity contribution in [1.29, 1.82) is 5.26 Å². The predicted octanol–water partition coefficient (Wildman–Crippen LogP) is 3.45. The molecule has 3 rings (SSSR count). The molecule has 2 aromatic carbocycles. The van der Waals surface area contributed by atoms with Crippen molar-refractivity contribution < 1.29 is 9.47 Å². The van der Waals surface area contributed by atoms with Gasteiger partial charge in [0.25, 0.3) is 0 Å². The Balaban J connectivity index is 1.83. The van der Waals surface area contributed by atoms with E-state index in [0.29, 0.717) is 24.5 Å². The van der Waals surface area contributed by atoms with Crippen LogP contribution in [0.1, 0.15) is 12.0 Å². The van der Waals surface area contributed by atoms with Crippen LogP contribution in [0.15, 0.2) is 46.2 Å². The summed E-state index contributed by atoms with van der Waals surface area (Å²) < 4.78 is 11.3. The first-order valence-electron chi connectivity index (χ1n) is 6.63. The highest BCUT2D eigenvalue weighted by Gasteiger charge is 2.11. The molecule has 106 valence electrons. The number of hydrogen-bond donors (Lipinski definition) is 1. The van der Waals surface area contributed by atoms with Gasteiger partial charge in [0.2, 0.25) is 0 Å². The Hall–Kier alpha value is -2.32. The van der Waals surface area contributed by atoms with E-state index in [1.807, 2.05) is 30.3 Å². The second-order valence-electron chi connectivity index (χ2n) is 4.62. The molecule has 1 aliphatic heterocycles. The minimum Gasteiger partial charge on any atom is -0.490 e. The minimum absolute atomic E-state index is 0.497. The van der Waals surface area contributed by atoms with Gasteiger partial charge >= 0.3 is 0 Å². The van der Waals surface area contributed by atoms with Crippen molar-refractivity contribution in [3.8, 4) is 17.6 Å². The molecule has 0 aliphatic carbocycles. The van der Waals surface area contributed by atoms with E-state index < -0.39 is 0 Å². The normalized spacial score (nSPS) is 13.3. The third-order valence-electron chi connectivity index (χ3n) is 3.10. The first-order valence-corrected chi connectivity index (χ1v) is 7.45. The molecule has 0 atom stereocenters. The number of nitrogens with zero attached hydrogens (tertiary/aromatic N) is 1. The molecule has 0 amide bonds. The first kappa shape index (κ1) is 13.7. The van der Waals surface area contributed by atoms with Crippen LogP contribution in [0.2, 0.25) is 0 Å². The summed E-state index contributed by atoms with van der Waals surface area (Å²) in [7, 11) is 0. The molecule has 0 bridgehead atoms. The zero-order valence-electron chi connectivity index (χ0n) is 11.3. The maximum atomic E-state index is 8.89. The third-order valence-corrected chi connectivity index (χ3v) is 4.08. The lowest BCUT2D eigenvalue weighted by molar-refractivity contribution is 0.297. The highest BCUT2D eigenvalue weighted by molar-refractivity contribution is 7.99. The molecule has 4 nitrogen and oxygen atoms in total. The van der Waals surface area contributed by atoms with Crippen LogP contribution in [0.25, 0.3) is 0 Å². The quantitative estimate of drug-likeness (QED) is 0.860. The molecule has 5 heteroatoms. The summed E-state index contributed by atoms with van der Waals surface area (Å²) in [5, 5.41) is 8.89.